The van der Waals surface area contributed by atoms with Crippen molar-refractivity contribution in [2.24, 2.45) is 12.8 Å². The summed E-state index contributed by atoms with van der Waals surface area (Å²) in [5.74, 6) is -0.570. The van der Waals surface area contributed by atoms with Crippen LogP contribution >= 0.6 is 0 Å². The Morgan fingerprint density at radius 1 is 1.16 bits per heavy atom. The summed E-state index contributed by atoms with van der Waals surface area (Å²) < 4.78 is 1.80. The summed E-state index contributed by atoms with van der Waals surface area (Å²) in [6.07, 6.45) is 4.81. The van der Waals surface area contributed by atoms with Crippen LogP contribution in [0.15, 0.2) is 36.7 Å². The van der Waals surface area contributed by atoms with E-state index in [1.165, 1.54) is 5.56 Å². The highest BCUT2D eigenvalue weighted by molar-refractivity contribution is 5.99. The van der Waals surface area contributed by atoms with Gasteiger partial charge in [-0.1, -0.05) is 6.07 Å². The van der Waals surface area contributed by atoms with Crippen LogP contribution < -0.4 is 5.73 Å². The fraction of sp³-hybridized carbons (Fsp3) is 0.389. The van der Waals surface area contributed by atoms with E-state index < -0.39 is 5.91 Å². The average molecular weight is 341 g/mol. The molecule has 0 bridgehead atoms. The van der Waals surface area contributed by atoms with Gasteiger partial charge in [-0.15, -0.1) is 0 Å². The molecule has 2 amide bonds. The number of amides is 2. The number of hydrogen-bond acceptors (Lipinski definition) is 4. The van der Waals surface area contributed by atoms with E-state index in [1.807, 2.05) is 24.3 Å². The summed E-state index contributed by atoms with van der Waals surface area (Å²) >= 11 is 0. The summed E-state index contributed by atoms with van der Waals surface area (Å²) in [5.41, 5.74) is 7.35. The summed E-state index contributed by atoms with van der Waals surface area (Å²) in [7, 11) is 1.91. The number of carbonyl (C=O) groups excluding carboxylic acids is 2. The minimum absolute atomic E-state index is 0.0497. The van der Waals surface area contributed by atoms with Crippen molar-refractivity contribution in [2.45, 2.75) is 13.0 Å². The molecule has 2 N–H and O–H groups in total. The smallest absolute Gasteiger partial charge is 0.253 e. The molecule has 2 heterocycles. The molecule has 0 saturated carbocycles. The second-order valence-electron chi connectivity index (χ2n) is 6.39. The first-order valence-corrected chi connectivity index (χ1v) is 8.42. The number of aryl methyl sites for hydroxylation is 1. The minimum Gasteiger partial charge on any atom is -0.366 e. The van der Waals surface area contributed by atoms with Crippen LogP contribution in [-0.4, -0.2) is 57.6 Å². The standard InChI is InChI=1S/C18H23N5O2/c1-21-12-14(11-20-21)13-22-6-3-7-23(9-8-22)18(25)16-5-2-4-15(10-16)17(19)24/h2,4-5,10-12H,3,6-9,13H2,1H3,(H2,19,24). The highest BCUT2D eigenvalue weighted by atomic mass is 16.2. The average Bonchev–Trinajstić information content (AvgIpc) is 2.87. The number of nitrogens with zero attached hydrogens (tertiary/aromatic N) is 4. The number of primary amides is 1. The Labute approximate surface area is 147 Å². The molecule has 1 aromatic carbocycles. The molecule has 1 aliphatic heterocycles. The Kier molecular flexibility index (Phi) is 5.14. The van der Waals surface area contributed by atoms with Gasteiger partial charge in [-0.2, -0.15) is 5.10 Å². The van der Waals surface area contributed by atoms with Gasteiger partial charge in [-0.3, -0.25) is 19.2 Å². The second-order valence-corrected chi connectivity index (χ2v) is 6.39. The van der Waals surface area contributed by atoms with Gasteiger partial charge in [0.15, 0.2) is 0 Å². The molecule has 7 nitrogen and oxygen atoms in total. The first-order valence-electron chi connectivity index (χ1n) is 8.42. The molecule has 0 atom stereocenters. The van der Waals surface area contributed by atoms with Crippen LogP contribution in [0.3, 0.4) is 0 Å². The lowest BCUT2D eigenvalue weighted by Crippen LogP contribution is -2.35. The van der Waals surface area contributed by atoms with Gasteiger partial charge in [-0.05, 0) is 24.6 Å². The zero-order valence-corrected chi connectivity index (χ0v) is 14.4. The van der Waals surface area contributed by atoms with Gasteiger partial charge in [0.2, 0.25) is 5.91 Å². The number of rotatable bonds is 4. The van der Waals surface area contributed by atoms with Crippen molar-refractivity contribution < 1.29 is 9.59 Å². The molecular formula is C18H23N5O2. The predicted octanol–water partition coefficient (Wildman–Crippen LogP) is 0.867. The molecule has 2 aromatic rings. The maximum Gasteiger partial charge on any atom is 0.253 e. The SMILES string of the molecule is Cn1cc(CN2CCCN(C(=O)c3cccc(C(N)=O)c3)CC2)cn1. The van der Waals surface area contributed by atoms with E-state index in [-0.39, 0.29) is 5.91 Å². The van der Waals surface area contributed by atoms with Crippen molar-refractivity contribution in [1.29, 1.82) is 0 Å². The van der Waals surface area contributed by atoms with Crippen molar-refractivity contribution in [3.63, 3.8) is 0 Å². The number of hydrogen-bond donors (Lipinski definition) is 1. The molecule has 25 heavy (non-hydrogen) atoms. The third-order valence-electron chi connectivity index (χ3n) is 4.43. The molecule has 7 heteroatoms. The molecular weight excluding hydrogens is 318 g/mol. The molecule has 1 saturated heterocycles. The third-order valence-corrected chi connectivity index (χ3v) is 4.43. The molecule has 0 spiro atoms. The van der Waals surface area contributed by atoms with Gasteiger partial charge in [0.25, 0.3) is 5.91 Å². The molecule has 3 rings (SSSR count). The lowest BCUT2D eigenvalue weighted by molar-refractivity contribution is 0.0761. The second kappa shape index (κ2) is 7.48. The third kappa shape index (κ3) is 4.24. The van der Waals surface area contributed by atoms with Crippen LogP contribution in [0.1, 0.15) is 32.7 Å². The Morgan fingerprint density at radius 2 is 1.96 bits per heavy atom. The number of aromatic nitrogens is 2. The van der Waals surface area contributed by atoms with Crippen LogP contribution in [0, 0.1) is 0 Å². The van der Waals surface area contributed by atoms with Gasteiger partial charge in [0.1, 0.15) is 0 Å². The normalized spacial score (nSPS) is 15.8. The summed E-state index contributed by atoms with van der Waals surface area (Å²) in [5, 5.41) is 4.20. The maximum absolute atomic E-state index is 12.7. The number of benzene rings is 1. The van der Waals surface area contributed by atoms with Crippen molar-refractivity contribution in [3.8, 4) is 0 Å². The molecule has 0 aliphatic carbocycles. The van der Waals surface area contributed by atoms with Crippen LogP contribution in [0.25, 0.3) is 0 Å². The first kappa shape index (κ1) is 17.2. The zero-order valence-electron chi connectivity index (χ0n) is 14.4. The highest BCUT2D eigenvalue weighted by Gasteiger charge is 2.21. The minimum atomic E-state index is -0.520. The largest absolute Gasteiger partial charge is 0.366 e. The molecule has 1 aliphatic rings. The number of nitrogens with two attached hydrogens (primary N) is 1. The zero-order chi connectivity index (χ0) is 17.8. The molecule has 0 unspecified atom stereocenters. The van der Waals surface area contributed by atoms with Gasteiger partial charge in [0.05, 0.1) is 6.20 Å². The topological polar surface area (TPSA) is 84.5 Å². The van der Waals surface area contributed by atoms with E-state index in [0.29, 0.717) is 24.2 Å². The van der Waals surface area contributed by atoms with Gasteiger partial charge < -0.3 is 10.6 Å². The Morgan fingerprint density at radius 3 is 2.68 bits per heavy atom. The Hall–Kier alpha value is -2.67. The van der Waals surface area contributed by atoms with E-state index in [4.69, 9.17) is 5.73 Å². The van der Waals surface area contributed by atoms with Gasteiger partial charge in [0, 0.05) is 62.7 Å². The summed E-state index contributed by atoms with van der Waals surface area (Å²) in [6, 6.07) is 6.62. The van der Waals surface area contributed by atoms with E-state index >= 15 is 0 Å². The summed E-state index contributed by atoms with van der Waals surface area (Å²) in [4.78, 5) is 28.2. The van der Waals surface area contributed by atoms with E-state index in [2.05, 4.69) is 10.00 Å². The maximum atomic E-state index is 12.7. The van der Waals surface area contributed by atoms with Gasteiger partial charge in [-0.25, -0.2) is 0 Å². The lowest BCUT2D eigenvalue weighted by atomic mass is 10.1. The van der Waals surface area contributed by atoms with Gasteiger partial charge >= 0.3 is 0 Å². The lowest BCUT2D eigenvalue weighted by Gasteiger charge is -2.22. The quantitative estimate of drug-likeness (QED) is 0.894. The molecule has 0 radical (unpaired) electrons. The van der Waals surface area contributed by atoms with Crippen LogP contribution in [0.5, 0.6) is 0 Å². The Bertz CT molecular complexity index is 770. The Balaban J connectivity index is 1.63. The van der Waals surface area contributed by atoms with Crippen molar-refractivity contribution in [2.75, 3.05) is 26.2 Å². The van der Waals surface area contributed by atoms with Crippen molar-refractivity contribution in [3.05, 3.63) is 53.3 Å². The van der Waals surface area contributed by atoms with E-state index in [1.54, 1.807) is 28.9 Å². The van der Waals surface area contributed by atoms with E-state index in [0.717, 1.165) is 26.1 Å². The molecule has 1 aromatic heterocycles. The molecule has 1 fully saturated rings. The van der Waals surface area contributed by atoms with Crippen LogP contribution in [0.2, 0.25) is 0 Å². The van der Waals surface area contributed by atoms with Crippen LogP contribution in [0.4, 0.5) is 0 Å². The summed E-state index contributed by atoms with van der Waals surface area (Å²) in [6.45, 7) is 3.98. The van der Waals surface area contributed by atoms with Crippen molar-refractivity contribution >= 4 is 11.8 Å². The fourth-order valence-corrected chi connectivity index (χ4v) is 3.13. The number of carbonyl (C=O) groups is 2. The highest BCUT2D eigenvalue weighted by Crippen LogP contribution is 2.13. The van der Waals surface area contributed by atoms with Crippen molar-refractivity contribution in [1.82, 2.24) is 19.6 Å². The predicted molar refractivity (Wildman–Crippen MR) is 94.0 cm³/mol. The van der Waals surface area contributed by atoms with Crippen LogP contribution in [-0.2, 0) is 13.6 Å². The monoisotopic (exact) mass is 341 g/mol. The van der Waals surface area contributed by atoms with E-state index in [9.17, 15) is 9.59 Å². The molecule has 132 valence electrons. The fourth-order valence-electron chi connectivity index (χ4n) is 3.13. The first-order chi connectivity index (χ1) is 12.0.